The fourth-order valence-electron chi connectivity index (χ4n) is 4.20. The number of hydrogen-bond donors (Lipinski definition) is 1. The predicted molar refractivity (Wildman–Crippen MR) is 123 cm³/mol. The number of aryl methyl sites for hydroxylation is 1. The summed E-state index contributed by atoms with van der Waals surface area (Å²) in [7, 11) is 1.59. The van der Waals surface area contributed by atoms with Crippen LogP contribution in [0, 0.1) is 17.5 Å². The summed E-state index contributed by atoms with van der Waals surface area (Å²) in [5, 5.41) is 4.14. The highest BCUT2D eigenvalue weighted by molar-refractivity contribution is 5.84. The van der Waals surface area contributed by atoms with Gasteiger partial charge in [0.05, 0.1) is 31.5 Å². The number of nitrogens with one attached hydrogen (secondary N) is 1. The van der Waals surface area contributed by atoms with Crippen LogP contribution in [0.2, 0.25) is 0 Å². The lowest BCUT2D eigenvalue weighted by Crippen LogP contribution is -2.40. The number of pyridine rings is 1. The highest BCUT2D eigenvalue weighted by Gasteiger charge is 2.22. The number of hydrogen-bond acceptors (Lipinski definition) is 4. The van der Waals surface area contributed by atoms with Crippen molar-refractivity contribution in [1.29, 1.82) is 0 Å². The van der Waals surface area contributed by atoms with Gasteiger partial charge in [-0.2, -0.15) is 0 Å². The summed E-state index contributed by atoms with van der Waals surface area (Å²) in [4.78, 5) is 4.35. The van der Waals surface area contributed by atoms with Gasteiger partial charge < -0.3 is 14.8 Å². The van der Waals surface area contributed by atoms with Crippen LogP contribution in [0.1, 0.15) is 30.4 Å². The lowest BCUT2D eigenvalue weighted by atomic mass is 9.97. The number of methoxy groups -OCH3 is 1. The molecule has 0 saturated carbocycles. The SMILES string of the molecule is COc1cnc2ccc(F)cc2c1CC[C@H]1CC[C@@H](NCC=Cc2cc(F)ccc2F)CO1. The van der Waals surface area contributed by atoms with Crippen LogP contribution >= 0.6 is 0 Å². The van der Waals surface area contributed by atoms with Gasteiger partial charge in [-0.1, -0.05) is 12.2 Å². The number of aromatic nitrogens is 1. The van der Waals surface area contributed by atoms with Crippen LogP contribution in [0.5, 0.6) is 5.75 Å². The van der Waals surface area contributed by atoms with Gasteiger partial charge in [0.2, 0.25) is 0 Å². The van der Waals surface area contributed by atoms with E-state index in [0.717, 1.165) is 47.9 Å². The Hall–Kier alpha value is -2.90. The summed E-state index contributed by atoms with van der Waals surface area (Å²) in [5.41, 5.74) is 1.92. The van der Waals surface area contributed by atoms with Gasteiger partial charge >= 0.3 is 0 Å². The first kappa shape index (κ1) is 23.3. The minimum absolute atomic E-state index is 0.112. The number of fused-ring (bicyclic) bond motifs is 1. The van der Waals surface area contributed by atoms with Gasteiger partial charge in [-0.25, -0.2) is 13.2 Å². The van der Waals surface area contributed by atoms with E-state index >= 15 is 0 Å². The standard InChI is InChI=1S/C26H27F3N2O2/c1-32-26-15-31-25-11-5-19(28)14-23(25)22(26)9-8-21-7-6-20(16-33-21)30-12-2-3-17-13-18(27)4-10-24(17)29/h2-5,10-11,13-15,20-21,30H,6-9,12,16H2,1H3/t20-,21-/m1/s1. The van der Waals surface area contributed by atoms with E-state index in [9.17, 15) is 13.2 Å². The van der Waals surface area contributed by atoms with Crippen LogP contribution in [0.3, 0.4) is 0 Å². The Balaban J connectivity index is 1.27. The van der Waals surface area contributed by atoms with E-state index in [-0.39, 0.29) is 23.5 Å². The number of nitrogens with zero attached hydrogens (tertiary/aromatic N) is 1. The Kier molecular flexibility index (Phi) is 7.62. The maximum absolute atomic E-state index is 13.8. The van der Waals surface area contributed by atoms with Gasteiger partial charge in [-0.3, -0.25) is 4.98 Å². The largest absolute Gasteiger partial charge is 0.495 e. The highest BCUT2D eigenvalue weighted by atomic mass is 19.1. The first-order chi connectivity index (χ1) is 16.0. The monoisotopic (exact) mass is 456 g/mol. The van der Waals surface area contributed by atoms with Crippen molar-refractivity contribution in [1.82, 2.24) is 10.3 Å². The maximum Gasteiger partial charge on any atom is 0.140 e. The molecule has 1 fully saturated rings. The zero-order chi connectivity index (χ0) is 23.2. The van der Waals surface area contributed by atoms with Crippen molar-refractivity contribution in [3.63, 3.8) is 0 Å². The smallest absolute Gasteiger partial charge is 0.140 e. The van der Waals surface area contributed by atoms with Gasteiger partial charge in [0.15, 0.2) is 0 Å². The van der Waals surface area contributed by atoms with Crippen molar-refractivity contribution in [2.75, 3.05) is 20.3 Å². The molecule has 2 atom stereocenters. The molecule has 2 aromatic carbocycles. The van der Waals surface area contributed by atoms with Gasteiger partial charge in [0.1, 0.15) is 23.2 Å². The molecule has 0 radical (unpaired) electrons. The van der Waals surface area contributed by atoms with Crippen LogP contribution in [0.15, 0.2) is 48.7 Å². The van der Waals surface area contributed by atoms with Gasteiger partial charge in [0, 0.05) is 29.1 Å². The molecular formula is C26H27F3N2O2. The number of benzene rings is 2. The fourth-order valence-corrected chi connectivity index (χ4v) is 4.20. The van der Waals surface area contributed by atoms with Crippen molar-refractivity contribution >= 4 is 17.0 Å². The normalized spacial score (nSPS) is 18.8. The predicted octanol–water partition coefficient (Wildman–Crippen LogP) is 5.44. The van der Waals surface area contributed by atoms with Crippen LogP contribution in [-0.2, 0) is 11.2 Å². The van der Waals surface area contributed by atoms with E-state index in [2.05, 4.69) is 10.3 Å². The Morgan fingerprint density at radius 3 is 2.73 bits per heavy atom. The summed E-state index contributed by atoms with van der Waals surface area (Å²) >= 11 is 0. The molecule has 33 heavy (non-hydrogen) atoms. The summed E-state index contributed by atoms with van der Waals surface area (Å²) in [5.74, 6) is -0.545. The van der Waals surface area contributed by atoms with Gasteiger partial charge in [-0.05, 0) is 62.1 Å². The topological polar surface area (TPSA) is 43.4 Å². The molecule has 1 N–H and O–H groups in total. The number of halogens is 3. The second-order valence-electron chi connectivity index (χ2n) is 8.21. The fraction of sp³-hybridized carbons (Fsp3) is 0.346. The van der Waals surface area contributed by atoms with Gasteiger partial charge in [-0.15, -0.1) is 0 Å². The van der Waals surface area contributed by atoms with E-state index in [1.165, 1.54) is 18.2 Å². The molecular weight excluding hydrogens is 429 g/mol. The summed E-state index contributed by atoms with van der Waals surface area (Å²) in [6.07, 6.45) is 8.52. The minimum atomic E-state index is -0.460. The van der Waals surface area contributed by atoms with E-state index < -0.39 is 11.6 Å². The third kappa shape index (κ3) is 5.92. The van der Waals surface area contributed by atoms with E-state index in [4.69, 9.17) is 9.47 Å². The molecule has 0 amide bonds. The average Bonchev–Trinajstić information content (AvgIpc) is 2.83. The molecule has 3 aromatic rings. The molecule has 1 aliphatic heterocycles. The molecule has 1 saturated heterocycles. The molecule has 0 bridgehead atoms. The van der Waals surface area contributed by atoms with E-state index in [1.54, 1.807) is 31.5 Å². The number of rotatable bonds is 8. The first-order valence-electron chi connectivity index (χ1n) is 11.1. The summed E-state index contributed by atoms with van der Waals surface area (Å²) in [6.45, 7) is 1.12. The molecule has 1 aliphatic rings. The Labute approximate surface area is 191 Å². The summed E-state index contributed by atoms with van der Waals surface area (Å²) < 4.78 is 52.2. The zero-order valence-electron chi connectivity index (χ0n) is 18.5. The van der Waals surface area contributed by atoms with Gasteiger partial charge in [0.25, 0.3) is 0 Å². The van der Waals surface area contributed by atoms with Crippen LogP contribution < -0.4 is 10.1 Å². The second kappa shape index (κ2) is 10.8. The second-order valence-corrected chi connectivity index (χ2v) is 8.21. The molecule has 1 aromatic heterocycles. The molecule has 4 nitrogen and oxygen atoms in total. The zero-order valence-corrected chi connectivity index (χ0v) is 18.5. The van der Waals surface area contributed by atoms with Crippen LogP contribution in [0.4, 0.5) is 13.2 Å². The Morgan fingerprint density at radius 1 is 1.12 bits per heavy atom. The Bertz CT molecular complexity index is 1130. The molecule has 0 spiro atoms. The third-order valence-corrected chi connectivity index (χ3v) is 5.99. The molecule has 4 rings (SSSR count). The van der Waals surface area contributed by atoms with Crippen LogP contribution in [-0.4, -0.2) is 37.4 Å². The third-order valence-electron chi connectivity index (χ3n) is 5.99. The molecule has 174 valence electrons. The molecule has 7 heteroatoms. The maximum atomic E-state index is 13.8. The Morgan fingerprint density at radius 2 is 1.94 bits per heavy atom. The average molecular weight is 457 g/mol. The lowest BCUT2D eigenvalue weighted by molar-refractivity contribution is -0.00590. The van der Waals surface area contributed by atoms with E-state index in [0.29, 0.717) is 25.3 Å². The number of ether oxygens (including phenoxy) is 2. The van der Waals surface area contributed by atoms with Crippen LogP contribution in [0.25, 0.3) is 17.0 Å². The minimum Gasteiger partial charge on any atom is -0.495 e. The first-order valence-corrected chi connectivity index (χ1v) is 11.1. The highest BCUT2D eigenvalue weighted by Crippen LogP contribution is 2.29. The van der Waals surface area contributed by atoms with Crippen molar-refractivity contribution in [2.45, 2.75) is 37.8 Å². The molecule has 0 unspecified atom stereocenters. The summed E-state index contributed by atoms with van der Waals surface area (Å²) in [6, 6.07) is 8.20. The van der Waals surface area contributed by atoms with Crippen molar-refractivity contribution in [2.24, 2.45) is 0 Å². The lowest BCUT2D eigenvalue weighted by Gasteiger charge is -2.29. The molecule has 2 heterocycles. The van der Waals surface area contributed by atoms with Crippen molar-refractivity contribution < 1.29 is 22.6 Å². The quantitative estimate of drug-likeness (QED) is 0.490. The van der Waals surface area contributed by atoms with Crippen molar-refractivity contribution in [3.8, 4) is 5.75 Å². The molecule has 0 aliphatic carbocycles. The van der Waals surface area contributed by atoms with Crippen molar-refractivity contribution in [3.05, 3.63) is 77.2 Å². The van der Waals surface area contributed by atoms with E-state index in [1.807, 2.05) is 0 Å².